The third-order valence-corrected chi connectivity index (χ3v) is 2.82. The molecule has 100 valence electrons. The first-order valence-corrected chi connectivity index (χ1v) is 6.06. The molecule has 0 saturated heterocycles. The van der Waals surface area contributed by atoms with E-state index in [0.29, 0.717) is 17.3 Å². The molecule has 6 nitrogen and oxygen atoms in total. The fourth-order valence-electron chi connectivity index (χ4n) is 1.86. The van der Waals surface area contributed by atoms with Gasteiger partial charge in [-0.15, -0.1) is 0 Å². The first-order chi connectivity index (χ1) is 9.75. The van der Waals surface area contributed by atoms with Gasteiger partial charge in [-0.2, -0.15) is 5.10 Å². The van der Waals surface area contributed by atoms with Crippen LogP contribution in [0.2, 0.25) is 0 Å². The van der Waals surface area contributed by atoms with Gasteiger partial charge in [0.05, 0.1) is 12.0 Å². The number of anilines is 1. The molecule has 0 atom stereocenters. The summed E-state index contributed by atoms with van der Waals surface area (Å²) in [4.78, 5) is 16.4. The summed E-state index contributed by atoms with van der Waals surface area (Å²) in [7, 11) is 0. The number of hydrogen-bond donors (Lipinski definition) is 1. The van der Waals surface area contributed by atoms with Crippen LogP contribution in [0.3, 0.4) is 0 Å². The molecular weight excluding hydrogens is 256 g/mol. The molecule has 3 aromatic heterocycles. The van der Waals surface area contributed by atoms with Crippen LogP contribution in [0.15, 0.2) is 53.5 Å². The van der Waals surface area contributed by atoms with E-state index >= 15 is 0 Å². The Kier molecular flexibility index (Phi) is 3.04. The average Bonchev–Trinajstić information content (AvgIpc) is 3.10. The van der Waals surface area contributed by atoms with Gasteiger partial charge in [-0.3, -0.25) is 4.79 Å². The highest BCUT2D eigenvalue weighted by Gasteiger charge is 2.15. The Labute approximate surface area is 115 Å². The summed E-state index contributed by atoms with van der Waals surface area (Å²) in [5.74, 6) is 0.532. The second-order valence-electron chi connectivity index (χ2n) is 4.21. The van der Waals surface area contributed by atoms with Crippen molar-refractivity contribution in [3.8, 4) is 5.82 Å². The van der Waals surface area contributed by atoms with E-state index in [2.05, 4.69) is 15.4 Å². The van der Waals surface area contributed by atoms with Gasteiger partial charge in [0, 0.05) is 24.2 Å². The van der Waals surface area contributed by atoms with E-state index in [1.165, 1.54) is 6.26 Å². The zero-order chi connectivity index (χ0) is 13.9. The summed E-state index contributed by atoms with van der Waals surface area (Å²) in [6.07, 6.45) is 6.54. The zero-order valence-corrected chi connectivity index (χ0v) is 10.8. The standard InChI is InChI=1S/C14H12N4O2/c1-10-5-9-20-12(10)14(19)17-11-4-2-6-15-13(11)18-8-3-7-16-18/h2-9H,1H3,(H,17,19). The highest BCUT2D eigenvalue weighted by molar-refractivity contribution is 6.04. The predicted molar refractivity (Wildman–Crippen MR) is 72.8 cm³/mol. The van der Waals surface area contributed by atoms with Crippen molar-refractivity contribution in [3.63, 3.8) is 0 Å². The molecular formula is C14H12N4O2. The number of hydrogen-bond acceptors (Lipinski definition) is 4. The average molecular weight is 268 g/mol. The fourth-order valence-corrected chi connectivity index (χ4v) is 1.86. The number of amides is 1. The summed E-state index contributed by atoms with van der Waals surface area (Å²) in [5, 5.41) is 6.90. The maximum Gasteiger partial charge on any atom is 0.291 e. The molecule has 0 aliphatic heterocycles. The molecule has 0 aromatic carbocycles. The molecule has 0 radical (unpaired) electrons. The Morgan fingerprint density at radius 2 is 2.20 bits per heavy atom. The van der Waals surface area contributed by atoms with Crippen molar-refractivity contribution in [2.24, 2.45) is 0 Å². The van der Waals surface area contributed by atoms with Gasteiger partial charge < -0.3 is 9.73 Å². The van der Waals surface area contributed by atoms with Gasteiger partial charge >= 0.3 is 0 Å². The monoisotopic (exact) mass is 268 g/mol. The minimum atomic E-state index is -0.311. The molecule has 3 heterocycles. The maximum atomic E-state index is 12.2. The van der Waals surface area contributed by atoms with E-state index in [-0.39, 0.29) is 5.91 Å². The summed E-state index contributed by atoms with van der Waals surface area (Å²) in [6.45, 7) is 1.82. The number of carbonyl (C=O) groups is 1. The number of pyridine rings is 1. The Bertz CT molecular complexity index is 731. The van der Waals surface area contributed by atoms with Crippen LogP contribution >= 0.6 is 0 Å². The fraction of sp³-hybridized carbons (Fsp3) is 0.0714. The topological polar surface area (TPSA) is 73.0 Å². The van der Waals surface area contributed by atoms with E-state index < -0.39 is 0 Å². The summed E-state index contributed by atoms with van der Waals surface area (Å²) >= 11 is 0. The van der Waals surface area contributed by atoms with Crippen molar-refractivity contribution >= 4 is 11.6 Å². The lowest BCUT2D eigenvalue weighted by Crippen LogP contribution is -2.14. The van der Waals surface area contributed by atoms with Gasteiger partial charge in [0.2, 0.25) is 0 Å². The lowest BCUT2D eigenvalue weighted by atomic mass is 10.2. The minimum Gasteiger partial charge on any atom is -0.459 e. The SMILES string of the molecule is Cc1ccoc1C(=O)Nc1cccnc1-n1cccn1. The molecule has 0 saturated carbocycles. The van der Waals surface area contributed by atoms with Gasteiger partial charge in [0.1, 0.15) is 0 Å². The number of carbonyl (C=O) groups excluding carboxylic acids is 1. The largest absolute Gasteiger partial charge is 0.459 e. The lowest BCUT2D eigenvalue weighted by Gasteiger charge is -2.09. The van der Waals surface area contributed by atoms with Crippen LogP contribution in [0.25, 0.3) is 5.82 Å². The van der Waals surface area contributed by atoms with Gasteiger partial charge in [-0.25, -0.2) is 9.67 Å². The Morgan fingerprint density at radius 1 is 1.30 bits per heavy atom. The number of aromatic nitrogens is 3. The second kappa shape index (κ2) is 5.00. The van der Waals surface area contributed by atoms with Gasteiger partial charge in [0.15, 0.2) is 11.6 Å². The molecule has 0 unspecified atom stereocenters. The maximum absolute atomic E-state index is 12.2. The molecule has 0 bridgehead atoms. The Hall–Kier alpha value is -2.89. The number of nitrogens with one attached hydrogen (secondary N) is 1. The first-order valence-electron chi connectivity index (χ1n) is 6.06. The van der Waals surface area contributed by atoms with Crippen molar-refractivity contribution in [1.82, 2.24) is 14.8 Å². The van der Waals surface area contributed by atoms with E-state index in [9.17, 15) is 4.79 Å². The van der Waals surface area contributed by atoms with Crippen molar-refractivity contribution in [2.75, 3.05) is 5.32 Å². The Morgan fingerprint density at radius 3 is 2.90 bits per heavy atom. The van der Waals surface area contributed by atoms with Crippen molar-refractivity contribution < 1.29 is 9.21 Å². The quantitative estimate of drug-likeness (QED) is 0.791. The number of nitrogens with zero attached hydrogens (tertiary/aromatic N) is 3. The van der Waals surface area contributed by atoms with E-state index in [0.717, 1.165) is 5.56 Å². The van der Waals surface area contributed by atoms with Crippen molar-refractivity contribution in [1.29, 1.82) is 0 Å². The smallest absolute Gasteiger partial charge is 0.291 e. The minimum absolute atomic E-state index is 0.292. The molecule has 0 aliphatic carbocycles. The molecule has 0 fully saturated rings. The highest BCUT2D eigenvalue weighted by Crippen LogP contribution is 2.18. The number of aryl methyl sites for hydroxylation is 1. The highest BCUT2D eigenvalue weighted by atomic mass is 16.3. The lowest BCUT2D eigenvalue weighted by molar-refractivity contribution is 0.0996. The predicted octanol–water partition coefficient (Wildman–Crippen LogP) is 2.42. The van der Waals surface area contributed by atoms with E-state index in [1.807, 2.05) is 6.92 Å². The molecule has 3 rings (SSSR count). The molecule has 6 heteroatoms. The molecule has 0 aliphatic rings. The van der Waals surface area contributed by atoms with Crippen LogP contribution in [0.1, 0.15) is 16.1 Å². The molecule has 20 heavy (non-hydrogen) atoms. The van der Waals surface area contributed by atoms with Crippen molar-refractivity contribution in [3.05, 3.63) is 60.4 Å². The molecule has 3 aromatic rings. The van der Waals surface area contributed by atoms with Crippen LogP contribution in [0, 0.1) is 6.92 Å². The van der Waals surface area contributed by atoms with E-state index in [1.54, 1.807) is 47.5 Å². The number of furan rings is 1. The first kappa shape index (κ1) is 12.2. The summed E-state index contributed by atoms with van der Waals surface area (Å²) < 4.78 is 6.76. The zero-order valence-electron chi connectivity index (χ0n) is 10.8. The Balaban J connectivity index is 1.92. The van der Waals surface area contributed by atoms with Gasteiger partial charge in [-0.1, -0.05) is 0 Å². The third-order valence-electron chi connectivity index (χ3n) is 2.82. The molecule has 0 spiro atoms. The third kappa shape index (κ3) is 2.18. The molecule has 1 amide bonds. The van der Waals surface area contributed by atoms with Crippen LogP contribution in [-0.4, -0.2) is 20.7 Å². The summed E-state index contributed by atoms with van der Waals surface area (Å²) in [5.41, 5.74) is 1.35. The van der Waals surface area contributed by atoms with Gasteiger partial charge in [0.25, 0.3) is 5.91 Å². The van der Waals surface area contributed by atoms with Crippen LogP contribution in [0.4, 0.5) is 5.69 Å². The second-order valence-corrected chi connectivity index (χ2v) is 4.21. The summed E-state index contributed by atoms with van der Waals surface area (Å²) in [6, 6.07) is 7.04. The normalized spacial score (nSPS) is 10.4. The van der Waals surface area contributed by atoms with Crippen LogP contribution < -0.4 is 5.32 Å². The number of rotatable bonds is 3. The molecule has 1 N–H and O–H groups in total. The van der Waals surface area contributed by atoms with Crippen LogP contribution in [0.5, 0.6) is 0 Å². The van der Waals surface area contributed by atoms with Gasteiger partial charge in [-0.05, 0) is 31.2 Å². The van der Waals surface area contributed by atoms with Crippen LogP contribution in [-0.2, 0) is 0 Å². The van der Waals surface area contributed by atoms with Crippen molar-refractivity contribution in [2.45, 2.75) is 6.92 Å². The van der Waals surface area contributed by atoms with E-state index in [4.69, 9.17) is 4.42 Å².